The number of anilines is 1. The summed E-state index contributed by atoms with van der Waals surface area (Å²) in [6.45, 7) is 1.81. The number of nitrogens with zero attached hydrogens (tertiary/aromatic N) is 3. The average molecular weight is 322 g/mol. The predicted molar refractivity (Wildman–Crippen MR) is 78.2 cm³/mol. The summed E-state index contributed by atoms with van der Waals surface area (Å²) in [7, 11) is 0. The molecule has 0 saturated heterocycles. The molecule has 108 valence electrons. The molecule has 0 aromatic carbocycles. The second-order valence-corrected chi connectivity index (χ2v) is 5.76. The fraction of sp³-hybridized carbons (Fsp3) is 0.167. The van der Waals surface area contributed by atoms with Crippen LogP contribution in [0.15, 0.2) is 38.0 Å². The Morgan fingerprint density at radius 2 is 2.38 bits per heavy atom. The predicted octanol–water partition coefficient (Wildman–Crippen LogP) is 2.83. The van der Waals surface area contributed by atoms with Crippen molar-refractivity contribution in [2.75, 3.05) is 11.1 Å². The normalized spacial score (nSPS) is 10.7. The molecular formula is C12H10N4O3S2. The average Bonchev–Trinajstić information content (AvgIpc) is 3.17. The third-order valence-electron chi connectivity index (χ3n) is 2.50. The highest BCUT2D eigenvalue weighted by Gasteiger charge is 2.14. The lowest BCUT2D eigenvalue weighted by Gasteiger charge is -1.98. The van der Waals surface area contributed by atoms with Gasteiger partial charge >= 0.3 is 0 Å². The summed E-state index contributed by atoms with van der Waals surface area (Å²) in [5.41, 5.74) is 0.751. The van der Waals surface area contributed by atoms with Crippen molar-refractivity contribution in [2.45, 2.75) is 12.1 Å². The molecular weight excluding hydrogens is 312 g/mol. The highest BCUT2D eigenvalue weighted by Crippen LogP contribution is 2.26. The van der Waals surface area contributed by atoms with Crippen LogP contribution in [0.3, 0.4) is 0 Å². The van der Waals surface area contributed by atoms with Crippen LogP contribution in [0.2, 0.25) is 0 Å². The zero-order valence-electron chi connectivity index (χ0n) is 10.9. The molecule has 0 unspecified atom stereocenters. The maximum absolute atomic E-state index is 11.7. The van der Waals surface area contributed by atoms with Crippen LogP contribution in [0, 0.1) is 6.92 Å². The number of aryl methyl sites for hydroxylation is 1. The van der Waals surface area contributed by atoms with Gasteiger partial charge in [-0.15, -0.1) is 21.5 Å². The minimum atomic E-state index is -0.172. The monoisotopic (exact) mass is 322 g/mol. The molecule has 0 spiro atoms. The minimum Gasteiger partial charge on any atom is -0.469 e. The van der Waals surface area contributed by atoms with Gasteiger partial charge in [-0.1, -0.05) is 11.8 Å². The summed E-state index contributed by atoms with van der Waals surface area (Å²) in [6.07, 6.45) is 3.19. The van der Waals surface area contributed by atoms with Gasteiger partial charge in [0, 0.05) is 11.6 Å². The minimum absolute atomic E-state index is 0.172. The van der Waals surface area contributed by atoms with E-state index in [9.17, 15) is 4.79 Å². The van der Waals surface area contributed by atoms with E-state index >= 15 is 0 Å². The highest BCUT2D eigenvalue weighted by atomic mass is 32.2. The number of nitrogens with one attached hydrogen (secondary N) is 1. The van der Waals surface area contributed by atoms with Crippen molar-refractivity contribution in [3.8, 4) is 11.5 Å². The Balaban J connectivity index is 1.58. The van der Waals surface area contributed by atoms with Crippen molar-refractivity contribution >= 4 is 34.1 Å². The molecule has 21 heavy (non-hydrogen) atoms. The van der Waals surface area contributed by atoms with Crippen LogP contribution in [-0.2, 0) is 4.79 Å². The fourth-order valence-corrected chi connectivity index (χ4v) is 2.66. The third kappa shape index (κ3) is 3.31. The van der Waals surface area contributed by atoms with Crippen molar-refractivity contribution in [1.82, 2.24) is 15.2 Å². The van der Waals surface area contributed by atoms with E-state index in [-0.39, 0.29) is 11.7 Å². The molecule has 1 N–H and O–H groups in total. The molecule has 0 aliphatic heterocycles. The summed E-state index contributed by atoms with van der Waals surface area (Å²) in [6, 6.07) is 1.76. The highest BCUT2D eigenvalue weighted by molar-refractivity contribution is 7.99. The number of furan rings is 1. The Morgan fingerprint density at radius 3 is 3.10 bits per heavy atom. The first-order chi connectivity index (χ1) is 10.2. The number of carbonyl (C=O) groups excluding carboxylic acids is 1. The van der Waals surface area contributed by atoms with Crippen LogP contribution >= 0.6 is 23.1 Å². The first kappa shape index (κ1) is 13.8. The first-order valence-corrected chi connectivity index (χ1v) is 7.79. The smallest absolute Gasteiger partial charge is 0.277 e. The summed E-state index contributed by atoms with van der Waals surface area (Å²) < 4.78 is 10.7. The van der Waals surface area contributed by atoms with Gasteiger partial charge in [-0.3, -0.25) is 4.79 Å². The van der Waals surface area contributed by atoms with Gasteiger partial charge in [0.15, 0.2) is 5.13 Å². The third-order valence-corrected chi connectivity index (χ3v) is 4.01. The standard InChI is InChI=1S/C12H10N4O3S2/c1-7-8(2-4-18-7)10-15-16-12(19-10)21-6-9(17)14-11-13-3-5-20-11/h2-5H,6H2,1H3,(H,13,14,17). The Morgan fingerprint density at radius 1 is 1.48 bits per heavy atom. The second-order valence-electron chi connectivity index (χ2n) is 3.94. The van der Waals surface area contributed by atoms with Crippen LogP contribution in [0.4, 0.5) is 5.13 Å². The number of hydrogen-bond acceptors (Lipinski definition) is 8. The zero-order valence-corrected chi connectivity index (χ0v) is 12.5. The molecule has 3 rings (SSSR count). The van der Waals surface area contributed by atoms with E-state index in [4.69, 9.17) is 8.83 Å². The van der Waals surface area contributed by atoms with Gasteiger partial charge in [-0.05, 0) is 13.0 Å². The zero-order chi connectivity index (χ0) is 14.7. The van der Waals surface area contributed by atoms with Gasteiger partial charge in [0.05, 0.1) is 17.6 Å². The molecule has 0 aliphatic carbocycles. The first-order valence-electron chi connectivity index (χ1n) is 5.92. The maximum Gasteiger partial charge on any atom is 0.277 e. The molecule has 3 heterocycles. The van der Waals surface area contributed by atoms with E-state index in [1.54, 1.807) is 23.9 Å². The summed E-state index contributed by atoms with van der Waals surface area (Å²) >= 11 is 2.53. The number of amides is 1. The Hall–Kier alpha value is -2.13. The Bertz CT molecular complexity index is 735. The lowest BCUT2D eigenvalue weighted by atomic mass is 10.3. The van der Waals surface area contributed by atoms with Gasteiger partial charge < -0.3 is 14.2 Å². The molecule has 3 aromatic rings. The number of hydrogen-bond donors (Lipinski definition) is 1. The number of aromatic nitrogens is 3. The van der Waals surface area contributed by atoms with Crippen molar-refractivity contribution < 1.29 is 13.6 Å². The number of carbonyl (C=O) groups is 1. The van der Waals surface area contributed by atoms with E-state index in [1.165, 1.54) is 23.1 Å². The van der Waals surface area contributed by atoms with Crippen LogP contribution in [-0.4, -0.2) is 26.8 Å². The fourth-order valence-electron chi connectivity index (χ4n) is 1.55. The van der Waals surface area contributed by atoms with E-state index in [1.807, 2.05) is 6.92 Å². The molecule has 3 aromatic heterocycles. The molecule has 0 saturated carbocycles. The van der Waals surface area contributed by atoms with Crippen LogP contribution in [0.5, 0.6) is 0 Å². The van der Waals surface area contributed by atoms with E-state index in [0.29, 0.717) is 22.0 Å². The number of thioether (sulfide) groups is 1. The number of rotatable bonds is 5. The van der Waals surface area contributed by atoms with Gasteiger partial charge in [-0.2, -0.15) is 0 Å². The van der Waals surface area contributed by atoms with Crippen molar-refractivity contribution in [2.24, 2.45) is 0 Å². The molecule has 9 heteroatoms. The van der Waals surface area contributed by atoms with Gasteiger partial charge in [0.25, 0.3) is 11.1 Å². The Labute approximate surface area is 127 Å². The summed E-state index contributed by atoms with van der Waals surface area (Å²) in [5, 5.41) is 13.2. The quantitative estimate of drug-likeness (QED) is 0.722. The molecule has 7 nitrogen and oxygen atoms in total. The van der Waals surface area contributed by atoms with Crippen LogP contribution < -0.4 is 5.32 Å². The molecule has 0 atom stereocenters. The topological polar surface area (TPSA) is 94.0 Å². The molecule has 0 radical (unpaired) electrons. The van der Waals surface area contributed by atoms with E-state index in [2.05, 4.69) is 20.5 Å². The molecule has 0 bridgehead atoms. The van der Waals surface area contributed by atoms with Crippen molar-refractivity contribution in [1.29, 1.82) is 0 Å². The van der Waals surface area contributed by atoms with Gasteiger partial charge in [0.2, 0.25) is 5.91 Å². The van der Waals surface area contributed by atoms with Crippen molar-refractivity contribution in [3.63, 3.8) is 0 Å². The largest absolute Gasteiger partial charge is 0.469 e. The van der Waals surface area contributed by atoms with Gasteiger partial charge in [0.1, 0.15) is 5.76 Å². The van der Waals surface area contributed by atoms with Crippen LogP contribution in [0.25, 0.3) is 11.5 Å². The lowest BCUT2D eigenvalue weighted by Crippen LogP contribution is -2.13. The summed E-state index contributed by atoms with van der Waals surface area (Å²) in [4.78, 5) is 15.7. The molecule has 1 amide bonds. The van der Waals surface area contributed by atoms with E-state index < -0.39 is 0 Å². The summed E-state index contributed by atoms with van der Waals surface area (Å²) in [5.74, 6) is 1.08. The van der Waals surface area contributed by atoms with Crippen LogP contribution in [0.1, 0.15) is 5.76 Å². The lowest BCUT2D eigenvalue weighted by molar-refractivity contribution is -0.113. The van der Waals surface area contributed by atoms with Gasteiger partial charge in [-0.25, -0.2) is 4.98 Å². The number of thiazole rings is 1. The second kappa shape index (κ2) is 6.10. The Kier molecular flexibility index (Phi) is 4.02. The van der Waals surface area contributed by atoms with E-state index in [0.717, 1.165) is 5.56 Å². The molecule has 0 fully saturated rings. The van der Waals surface area contributed by atoms with Crippen molar-refractivity contribution in [3.05, 3.63) is 29.7 Å². The SMILES string of the molecule is Cc1occc1-c1nnc(SCC(=O)Nc2nccs2)o1. The maximum atomic E-state index is 11.7. The molecule has 0 aliphatic rings.